The highest BCUT2D eigenvalue weighted by atomic mass is 35.5. The van der Waals surface area contributed by atoms with Gasteiger partial charge in [0.1, 0.15) is 11.7 Å². The summed E-state index contributed by atoms with van der Waals surface area (Å²) in [4.78, 5) is 18.0. The monoisotopic (exact) mass is 415 g/mol. The fourth-order valence-corrected chi connectivity index (χ4v) is 4.77. The van der Waals surface area contributed by atoms with E-state index in [0.29, 0.717) is 23.0 Å². The van der Waals surface area contributed by atoms with E-state index in [2.05, 4.69) is 22.6 Å². The topological polar surface area (TPSA) is 42.6 Å². The number of hydrogen-bond donors (Lipinski definition) is 1. The van der Waals surface area contributed by atoms with Gasteiger partial charge in [0.25, 0.3) is 5.91 Å². The van der Waals surface area contributed by atoms with Crippen LogP contribution >= 0.6 is 22.9 Å². The number of thiophene rings is 1. The van der Waals surface area contributed by atoms with E-state index in [9.17, 15) is 4.79 Å². The highest BCUT2D eigenvalue weighted by molar-refractivity contribution is 7.09. The molecule has 0 radical (unpaired) electrons. The van der Waals surface area contributed by atoms with Gasteiger partial charge in [0.2, 0.25) is 0 Å². The smallest absolute Gasteiger partial charge is 0.259 e. The van der Waals surface area contributed by atoms with Gasteiger partial charge in [0.15, 0.2) is 0 Å². The lowest BCUT2D eigenvalue weighted by Crippen LogP contribution is -3.13. The first-order valence-electron chi connectivity index (χ1n) is 9.54. The second-order valence-corrected chi connectivity index (χ2v) is 8.58. The molecule has 0 saturated carbocycles. The normalized spacial score (nSPS) is 15.1. The van der Waals surface area contributed by atoms with E-state index in [1.165, 1.54) is 9.78 Å². The minimum atomic E-state index is -0.00279. The molecule has 1 fully saturated rings. The molecule has 4 rings (SSSR count). The average Bonchev–Trinajstić information content (AvgIpc) is 3.31. The number of hydrogen-bond acceptors (Lipinski definition) is 3. The van der Waals surface area contributed by atoms with Gasteiger partial charge in [0, 0.05) is 0 Å². The molecule has 5 nitrogen and oxygen atoms in total. The van der Waals surface area contributed by atoms with Gasteiger partial charge < -0.3 is 9.80 Å². The van der Waals surface area contributed by atoms with Crippen molar-refractivity contribution in [1.29, 1.82) is 0 Å². The highest BCUT2D eigenvalue weighted by Gasteiger charge is 2.29. The minimum absolute atomic E-state index is 0.00279. The highest BCUT2D eigenvalue weighted by Crippen LogP contribution is 2.23. The van der Waals surface area contributed by atoms with Crippen molar-refractivity contribution >= 4 is 28.8 Å². The Bertz CT molecular complexity index is 931. The maximum atomic E-state index is 13.1. The number of nitrogens with zero attached hydrogens (tertiary/aromatic N) is 3. The second kappa shape index (κ2) is 8.47. The van der Waals surface area contributed by atoms with Crippen LogP contribution in [-0.4, -0.2) is 46.8 Å². The maximum absolute atomic E-state index is 13.1. The summed E-state index contributed by atoms with van der Waals surface area (Å²) in [6, 6.07) is 14.3. The first kappa shape index (κ1) is 19.2. The Balaban J connectivity index is 1.42. The van der Waals surface area contributed by atoms with Gasteiger partial charge in [-0.3, -0.25) is 4.79 Å². The van der Waals surface area contributed by atoms with Gasteiger partial charge in [-0.05, 0) is 23.9 Å². The molecule has 0 atom stereocenters. The number of halogens is 1. The van der Waals surface area contributed by atoms with Crippen molar-refractivity contribution in [3.05, 3.63) is 74.7 Å². The molecule has 28 heavy (non-hydrogen) atoms. The van der Waals surface area contributed by atoms with Crippen LogP contribution in [0.5, 0.6) is 0 Å². The first-order valence-corrected chi connectivity index (χ1v) is 10.8. The lowest BCUT2D eigenvalue weighted by molar-refractivity contribution is -0.917. The second-order valence-electron chi connectivity index (χ2n) is 7.19. The number of quaternary nitrogens is 1. The molecule has 1 aliphatic rings. The Kier molecular flexibility index (Phi) is 5.80. The molecule has 3 aromatic rings. The molecule has 1 aromatic carbocycles. The molecule has 3 heterocycles. The molecule has 1 aliphatic heterocycles. The molecule has 0 unspecified atom stereocenters. The van der Waals surface area contributed by atoms with E-state index in [1.54, 1.807) is 16.0 Å². The first-order chi connectivity index (χ1) is 13.6. The van der Waals surface area contributed by atoms with Gasteiger partial charge in [-0.2, -0.15) is 5.10 Å². The Morgan fingerprint density at radius 2 is 1.93 bits per heavy atom. The summed E-state index contributed by atoms with van der Waals surface area (Å²) in [5.41, 5.74) is 2.34. The van der Waals surface area contributed by atoms with Crippen LogP contribution in [0.4, 0.5) is 0 Å². The van der Waals surface area contributed by atoms with Crippen LogP contribution in [0.3, 0.4) is 0 Å². The van der Waals surface area contributed by atoms with E-state index in [1.807, 2.05) is 42.2 Å². The molecule has 0 spiro atoms. The Morgan fingerprint density at radius 3 is 2.61 bits per heavy atom. The average molecular weight is 416 g/mol. The van der Waals surface area contributed by atoms with Crippen LogP contribution in [0, 0.1) is 6.92 Å². The quantitative estimate of drug-likeness (QED) is 0.695. The standard InChI is InChI=1S/C21H23ClN4OS/c1-16-19(20(22)26(23-16)14-17-6-3-2-4-7-17)21(27)25-11-9-24(10-12-25)15-18-8-5-13-28-18/h2-8,13H,9-12,14-15H2,1H3/p+1. The van der Waals surface area contributed by atoms with Crippen molar-refractivity contribution in [2.75, 3.05) is 26.2 Å². The number of piperazine rings is 1. The summed E-state index contributed by atoms with van der Waals surface area (Å²) in [6.45, 7) is 6.87. The molecule has 1 N–H and O–H groups in total. The molecule has 1 saturated heterocycles. The van der Waals surface area contributed by atoms with Crippen LogP contribution in [0.2, 0.25) is 5.15 Å². The van der Waals surface area contributed by atoms with E-state index >= 15 is 0 Å². The summed E-state index contributed by atoms with van der Waals surface area (Å²) in [7, 11) is 0. The van der Waals surface area contributed by atoms with Crippen LogP contribution < -0.4 is 4.90 Å². The molecule has 0 bridgehead atoms. The van der Waals surface area contributed by atoms with Crippen LogP contribution in [-0.2, 0) is 13.1 Å². The molecule has 146 valence electrons. The number of aromatic nitrogens is 2. The summed E-state index contributed by atoms with van der Waals surface area (Å²) >= 11 is 8.36. The third-order valence-electron chi connectivity index (χ3n) is 5.22. The largest absolute Gasteiger partial charge is 0.328 e. The predicted octanol–water partition coefficient (Wildman–Crippen LogP) is 2.50. The molecular formula is C21H24ClN4OS+. The molecular weight excluding hydrogens is 392 g/mol. The van der Waals surface area contributed by atoms with E-state index in [0.717, 1.165) is 38.3 Å². The maximum Gasteiger partial charge on any atom is 0.259 e. The molecule has 1 amide bonds. The number of carbonyl (C=O) groups is 1. The summed E-state index contributed by atoms with van der Waals surface area (Å²) in [5, 5.41) is 7.07. The Morgan fingerprint density at radius 1 is 1.18 bits per heavy atom. The van der Waals surface area contributed by atoms with Crippen LogP contribution in [0.25, 0.3) is 0 Å². The van der Waals surface area contributed by atoms with Crippen molar-refractivity contribution in [1.82, 2.24) is 14.7 Å². The SMILES string of the molecule is Cc1nn(Cc2ccccc2)c(Cl)c1C(=O)N1CC[NH+](Cc2cccs2)CC1. The van der Waals surface area contributed by atoms with Crippen LogP contribution in [0.15, 0.2) is 47.8 Å². The Labute approximate surface area is 174 Å². The third kappa shape index (κ3) is 4.14. The van der Waals surface area contributed by atoms with Gasteiger partial charge >= 0.3 is 0 Å². The van der Waals surface area contributed by atoms with E-state index < -0.39 is 0 Å². The van der Waals surface area contributed by atoms with E-state index in [4.69, 9.17) is 11.6 Å². The number of benzene rings is 1. The third-order valence-corrected chi connectivity index (χ3v) is 6.48. The number of nitrogens with one attached hydrogen (secondary N) is 1. The zero-order valence-corrected chi connectivity index (χ0v) is 17.5. The van der Waals surface area contributed by atoms with Crippen molar-refractivity contribution in [2.45, 2.75) is 20.0 Å². The number of rotatable bonds is 5. The number of carbonyl (C=O) groups excluding carboxylic acids is 1. The van der Waals surface area contributed by atoms with E-state index in [-0.39, 0.29) is 5.91 Å². The zero-order valence-electron chi connectivity index (χ0n) is 15.9. The minimum Gasteiger partial charge on any atom is -0.328 e. The lowest BCUT2D eigenvalue weighted by Gasteiger charge is -2.32. The predicted molar refractivity (Wildman–Crippen MR) is 112 cm³/mol. The number of aryl methyl sites for hydroxylation is 1. The fourth-order valence-electron chi connectivity index (χ4n) is 3.68. The number of amides is 1. The van der Waals surface area contributed by atoms with Gasteiger partial charge in [-0.15, -0.1) is 11.3 Å². The van der Waals surface area contributed by atoms with Crippen LogP contribution in [0.1, 0.15) is 26.5 Å². The van der Waals surface area contributed by atoms with Gasteiger partial charge in [0.05, 0.1) is 48.9 Å². The zero-order chi connectivity index (χ0) is 19.5. The van der Waals surface area contributed by atoms with Crippen molar-refractivity contribution in [2.24, 2.45) is 0 Å². The van der Waals surface area contributed by atoms with Crippen molar-refractivity contribution in [3.63, 3.8) is 0 Å². The Hall–Kier alpha value is -2.15. The van der Waals surface area contributed by atoms with Gasteiger partial charge in [-0.25, -0.2) is 4.68 Å². The van der Waals surface area contributed by atoms with Crippen molar-refractivity contribution < 1.29 is 9.69 Å². The summed E-state index contributed by atoms with van der Waals surface area (Å²) in [5.74, 6) is -0.00279. The lowest BCUT2D eigenvalue weighted by atomic mass is 10.2. The summed E-state index contributed by atoms with van der Waals surface area (Å²) < 4.78 is 1.72. The molecule has 7 heteroatoms. The summed E-state index contributed by atoms with van der Waals surface area (Å²) in [6.07, 6.45) is 0. The van der Waals surface area contributed by atoms with Crippen molar-refractivity contribution in [3.8, 4) is 0 Å². The molecule has 0 aliphatic carbocycles. The molecule has 2 aromatic heterocycles. The fraction of sp³-hybridized carbons (Fsp3) is 0.333. The van der Waals surface area contributed by atoms with Gasteiger partial charge in [-0.1, -0.05) is 48.0 Å².